The molecule has 0 bridgehead atoms. The summed E-state index contributed by atoms with van der Waals surface area (Å²) in [7, 11) is 1.56. The van der Waals surface area contributed by atoms with E-state index in [9.17, 15) is 4.79 Å². The fourth-order valence-electron chi connectivity index (χ4n) is 2.82. The van der Waals surface area contributed by atoms with Crippen LogP contribution in [0.4, 0.5) is 0 Å². The molecular formula is C21H29ClN2O3. The van der Waals surface area contributed by atoms with Gasteiger partial charge in [0.05, 0.1) is 18.6 Å². The van der Waals surface area contributed by atoms with Crippen molar-refractivity contribution in [2.45, 2.75) is 32.4 Å². The van der Waals surface area contributed by atoms with Crippen LogP contribution in [0.5, 0.6) is 5.75 Å². The fourth-order valence-corrected chi connectivity index (χ4v) is 2.82. The van der Waals surface area contributed by atoms with Gasteiger partial charge in [0.15, 0.2) is 0 Å². The lowest BCUT2D eigenvalue weighted by Gasteiger charge is -2.22. The van der Waals surface area contributed by atoms with Crippen LogP contribution in [0.25, 0.3) is 0 Å². The van der Waals surface area contributed by atoms with E-state index in [4.69, 9.17) is 15.2 Å². The van der Waals surface area contributed by atoms with E-state index >= 15 is 0 Å². The topological polar surface area (TPSA) is 73.6 Å². The van der Waals surface area contributed by atoms with Gasteiger partial charge in [0.2, 0.25) is 5.91 Å². The van der Waals surface area contributed by atoms with Crippen molar-refractivity contribution in [3.8, 4) is 5.75 Å². The molecule has 6 heteroatoms. The minimum atomic E-state index is -0.286. The maximum atomic E-state index is 12.4. The van der Waals surface area contributed by atoms with E-state index in [1.54, 1.807) is 7.11 Å². The molecule has 2 rings (SSSR count). The van der Waals surface area contributed by atoms with Crippen LogP contribution < -0.4 is 15.8 Å². The molecule has 0 spiro atoms. The predicted molar refractivity (Wildman–Crippen MR) is 110 cm³/mol. The van der Waals surface area contributed by atoms with Crippen LogP contribution in [-0.4, -0.2) is 32.3 Å². The summed E-state index contributed by atoms with van der Waals surface area (Å²) in [5, 5.41) is 3.04. The molecule has 2 aromatic carbocycles. The molecule has 0 aliphatic rings. The molecule has 0 aromatic heterocycles. The van der Waals surface area contributed by atoms with Gasteiger partial charge < -0.3 is 20.5 Å². The molecule has 0 saturated heterocycles. The van der Waals surface area contributed by atoms with E-state index in [1.165, 1.54) is 0 Å². The number of methoxy groups -OCH3 is 1. The number of hydrogen-bond acceptors (Lipinski definition) is 4. The normalized spacial score (nSPS) is 12.6. The van der Waals surface area contributed by atoms with Crippen LogP contribution in [0.2, 0.25) is 0 Å². The first-order chi connectivity index (χ1) is 12.5. The Morgan fingerprint density at radius 3 is 2.26 bits per heavy atom. The Morgan fingerprint density at radius 2 is 1.70 bits per heavy atom. The molecular weight excluding hydrogens is 364 g/mol. The van der Waals surface area contributed by atoms with Crippen molar-refractivity contribution in [1.29, 1.82) is 0 Å². The lowest BCUT2D eigenvalue weighted by atomic mass is 10.1. The number of halogens is 1. The summed E-state index contributed by atoms with van der Waals surface area (Å²) in [5.74, 6) is 0.751. The van der Waals surface area contributed by atoms with Crippen molar-refractivity contribution in [3.63, 3.8) is 0 Å². The summed E-state index contributed by atoms with van der Waals surface area (Å²) in [4.78, 5) is 12.4. The number of ether oxygens (including phenoxy) is 2. The average molecular weight is 393 g/mol. The molecule has 0 heterocycles. The number of carbonyl (C=O) groups is 1. The van der Waals surface area contributed by atoms with Gasteiger partial charge in [-0.1, -0.05) is 48.5 Å². The van der Waals surface area contributed by atoms with Gasteiger partial charge in [0.1, 0.15) is 12.4 Å². The van der Waals surface area contributed by atoms with Gasteiger partial charge in [-0.05, 0) is 30.5 Å². The summed E-state index contributed by atoms with van der Waals surface area (Å²) >= 11 is 0. The van der Waals surface area contributed by atoms with Crippen LogP contribution in [0.15, 0.2) is 48.5 Å². The van der Waals surface area contributed by atoms with Gasteiger partial charge in [-0.25, -0.2) is 0 Å². The van der Waals surface area contributed by atoms with E-state index in [2.05, 4.69) is 5.32 Å². The molecule has 27 heavy (non-hydrogen) atoms. The number of para-hydroxylation sites is 1. The van der Waals surface area contributed by atoms with Crippen molar-refractivity contribution in [1.82, 2.24) is 5.32 Å². The number of amides is 1. The highest BCUT2D eigenvalue weighted by molar-refractivity contribution is 5.85. The van der Waals surface area contributed by atoms with Gasteiger partial charge in [-0.3, -0.25) is 4.79 Å². The third-order valence-corrected chi connectivity index (χ3v) is 4.35. The largest absolute Gasteiger partial charge is 0.491 e. The second-order valence-electron chi connectivity index (χ2n) is 6.36. The standard InChI is InChI=1S/C21H28N2O3.ClH/c1-15-8-7-9-16(2)21(15)26-14-19(17-10-5-4-6-11-17)23-20(24)12-18(13-22)25-3;/h4-11,18-19H,12-14,22H2,1-3H3,(H,23,24);1H. The monoisotopic (exact) mass is 392 g/mol. The number of rotatable bonds is 9. The minimum Gasteiger partial charge on any atom is -0.491 e. The maximum Gasteiger partial charge on any atom is 0.223 e. The Morgan fingerprint density at radius 1 is 1.07 bits per heavy atom. The van der Waals surface area contributed by atoms with E-state index < -0.39 is 0 Å². The van der Waals surface area contributed by atoms with E-state index in [0.29, 0.717) is 13.2 Å². The first kappa shape index (κ1) is 23.0. The molecule has 3 N–H and O–H groups in total. The summed E-state index contributed by atoms with van der Waals surface area (Å²) in [6, 6.07) is 15.6. The van der Waals surface area contributed by atoms with Gasteiger partial charge in [-0.2, -0.15) is 0 Å². The van der Waals surface area contributed by atoms with E-state index in [1.807, 2.05) is 62.4 Å². The number of nitrogens with one attached hydrogen (secondary N) is 1. The van der Waals surface area contributed by atoms with Crippen molar-refractivity contribution in [2.24, 2.45) is 5.73 Å². The number of nitrogens with two attached hydrogens (primary N) is 1. The Hall–Kier alpha value is -2.08. The molecule has 0 saturated carbocycles. The first-order valence-corrected chi connectivity index (χ1v) is 8.81. The predicted octanol–water partition coefficient (Wildman–Crippen LogP) is 3.33. The molecule has 5 nitrogen and oxygen atoms in total. The van der Waals surface area contributed by atoms with Crippen LogP contribution in [0.1, 0.15) is 29.2 Å². The Bertz CT molecular complexity index is 686. The zero-order chi connectivity index (χ0) is 18.9. The number of benzene rings is 2. The second-order valence-corrected chi connectivity index (χ2v) is 6.36. The second kappa shape index (κ2) is 11.6. The van der Waals surface area contributed by atoms with Gasteiger partial charge >= 0.3 is 0 Å². The Balaban J connectivity index is 0.00000364. The minimum absolute atomic E-state index is 0. The van der Waals surface area contributed by atoms with Crippen molar-refractivity contribution < 1.29 is 14.3 Å². The molecule has 0 fully saturated rings. The summed E-state index contributed by atoms with van der Waals surface area (Å²) in [6.07, 6.45) is -0.0642. The zero-order valence-corrected chi connectivity index (χ0v) is 16.9. The van der Waals surface area contributed by atoms with Gasteiger partial charge in [0.25, 0.3) is 0 Å². The fraction of sp³-hybridized carbons (Fsp3) is 0.381. The van der Waals surface area contributed by atoms with Crippen molar-refractivity contribution in [2.75, 3.05) is 20.3 Å². The van der Waals surface area contributed by atoms with Crippen LogP contribution in [0, 0.1) is 13.8 Å². The van der Waals surface area contributed by atoms with Gasteiger partial charge in [-0.15, -0.1) is 12.4 Å². The summed E-state index contributed by atoms with van der Waals surface area (Å²) in [6.45, 7) is 4.69. The highest BCUT2D eigenvalue weighted by atomic mass is 35.5. The smallest absolute Gasteiger partial charge is 0.223 e. The highest BCUT2D eigenvalue weighted by Crippen LogP contribution is 2.24. The summed E-state index contributed by atoms with van der Waals surface area (Å²) < 4.78 is 11.3. The molecule has 1 amide bonds. The molecule has 2 atom stereocenters. The molecule has 2 aromatic rings. The van der Waals surface area contributed by atoms with Crippen LogP contribution in [-0.2, 0) is 9.53 Å². The molecule has 2 unspecified atom stereocenters. The summed E-state index contributed by atoms with van der Waals surface area (Å²) in [5.41, 5.74) is 8.76. The van der Waals surface area contributed by atoms with Crippen LogP contribution in [0.3, 0.4) is 0 Å². The SMILES string of the molecule is COC(CN)CC(=O)NC(COc1c(C)cccc1C)c1ccccc1.Cl. The Kier molecular flexibility index (Phi) is 9.86. The third kappa shape index (κ3) is 6.86. The first-order valence-electron chi connectivity index (χ1n) is 8.81. The maximum absolute atomic E-state index is 12.4. The molecule has 0 aliphatic heterocycles. The quantitative estimate of drug-likeness (QED) is 0.686. The van der Waals surface area contributed by atoms with Gasteiger partial charge in [0, 0.05) is 13.7 Å². The lowest BCUT2D eigenvalue weighted by Crippen LogP contribution is -2.36. The van der Waals surface area contributed by atoms with Crippen molar-refractivity contribution >= 4 is 18.3 Å². The number of aryl methyl sites for hydroxylation is 2. The van der Waals surface area contributed by atoms with E-state index in [-0.39, 0.29) is 36.9 Å². The number of carbonyl (C=O) groups excluding carboxylic acids is 1. The highest BCUT2D eigenvalue weighted by Gasteiger charge is 2.19. The van der Waals surface area contributed by atoms with E-state index in [0.717, 1.165) is 22.4 Å². The van der Waals surface area contributed by atoms with Crippen molar-refractivity contribution in [3.05, 3.63) is 65.2 Å². The van der Waals surface area contributed by atoms with Crippen LogP contribution >= 0.6 is 12.4 Å². The zero-order valence-electron chi connectivity index (χ0n) is 16.1. The third-order valence-electron chi connectivity index (χ3n) is 4.35. The number of hydrogen-bond donors (Lipinski definition) is 2. The lowest BCUT2D eigenvalue weighted by molar-refractivity contribution is -0.124. The molecule has 148 valence electrons. The molecule has 0 radical (unpaired) electrons. The average Bonchev–Trinajstić information content (AvgIpc) is 2.65. The Labute approximate surface area is 167 Å². The molecule has 0 aliphatic carbocycles.